The molecule has 0 spiro atoms. The molecule has 2 aromatic rings. The number of aromatic nitrogens is 4. The summed E-state index contributed by atoms with van der Waals surface area (Å²) in [6.45, 7) is 1.64. The second-order valence-electron chi connectivity index (χ2n) is 5.56. The first-order chi connectivity index (χ1) is 11.1. The van der Waals surface area contributed by atoms with E-state index in [1.165, 1.54) is 6.33 Å². The molecule has 0 aliphatic heterocycles. The van der Waals surface area contributed by atoms with E-state index in [2.05, 4.69) is 27.1 Å². The maximum Gasteiger partial charge on any atom is 0.333 e. The number of hydrogen-bond donors (Lipinski definition) is 0. The lowest BCUT2D eigenvalue weighted by molar-refractivity contribution is -0.385. The normalized spacial score (nSPS) is 17.2. The van der Waals surface area contributed by atoms with Crippen molar-refractivity contribution in [2.24, 2.45) is 0 Å². The molecule has 0 radical (unpaired) electrons. The molecule has 2 heterocycles. The topological polar surface area (TPSA) is 90.0 Å². The van der Waals surface area contributed by atoms with Crippen molar-refractivity contribution >= 4 is 11.6 Å². The maximum absolute atomic E-state index is 11.4. The van der Waals surface area contributed by atoms with Gasteiger partial charge in [0.05, 0.1) is 4.92 Å². The van der Waals surface area contributed by atoms with Gasteiger partial charge in [-0.3, -0.25) is 14.7 Å². The van der Waals surface area contributed by atoms with Crippen molar-refractivity contribution in [2.45, 2.75) is 32.2 Å². The highest BCUT2D eigenvalue weighted by molar-refractivity contribution is 5.54. The van der Waals surface area contributed by atoms with Crippen molar-refractivity contribution in [3.8, 4) is 5.82 Å². The van der Waals surface area contributed by atoms with Gasteiger partial charge >= 0.3 is 5.69 Å². The van der Waals surface area contributed by atoms with Crippen LogP contribution >= 0.6 is 0 Å². The molecule has 0 N–H and O–H groups in total. The number of allylic oxidation sites excluding steroid dienone is 1. The Balaban J connectivity index is 2.05. The molecule has 0 bridgehead atoms. The van der Waals surface area contributed by atoms with Gasteiger partial charge in [-0.15, -0.1) is 0 Å². The maximum atomic E-state index is 11.4. The first-order valence-corrected chi connectivity index (χ1v) is 7.47. The van der Waals surface area contributed by atoms with Gasteiger partial charge in [0, 0.05) is 25.5 Å². The fourth-order valence-corrected chi connectivity index (χ4v) is 2.77. The van der Waals surface area contributed by atoms with Crippen LogP contribution in [-0.4, -0.2) is 37.5 Å². The number of hydrogen-bond acceptors (Lipinski definition) is 6. The second kappa shape index (κ2) is 6.15. The van der Waals surface area contributed by atoms with Gasteiger partial charge in [0.15, 0.2) is 0 Å². The zero-order valence-electron chi connectivity index (χ0n) is 13.1. The number of imidazole rings is 1. The summed E-state index contributed by atoms with van der Waals surface area (Å²) in [7, 11) is 1.93. The van der Waals surface area contributed by atoms with Crippen LogP contribution in [0.15, 0.2) is 30.9 Å². The van der Waals surface area contributed by atoms with E-state index < -0.39 is 4.92 Å². The molecule has 1 atom stereocenters. The van der Waals surface area contributed by atoms with Crippen LogP contribution in [0.4, 0.5) is 11.6 Å². The molecule has 0 fully saturated rings. The van der Waals surface area contributed by atoms with Crippen LogP contribution in [0.2, 0.25) is 0 Å². The van der Waals surface area contributed by atoms with Gasteiger partial charge in [-0.1, -0.05) is 12.2 Å². The van der Waals surface area contributed by atoms with E-state index >= 15 is 0 Å². The van der Waals surface area contributed by atoms with E-state index in [1.807, 2.05) is 11.9 Å². The van der Waals surface area contributed by atoms with Crippen LogP contribution in [-0.2, 0) is 0 Å². The zero-order chi connectivity index (χ0) is 16.4. The molecule has 0 amide bonds. The third-order valence-electron chi connectivity index (χ3n) is 4.06. The molecule has 0 aromatic carbocycles. The Hall–Kier alpha value is -2.77. The molecule has 8 nitrogen and oxygen atoms in total. The van der Waals surface area contributed by atoms with E-state index in [-0.39, 0.29) is 11.5 Å². The van der Waals surface area contributed by atoms with E-state index in [9.17, 15) is 10.1 Å². The summed E-state index contributed by atoms with van der Waals surface area (Å²) in [5.74, 6) is 0.741. The minimum Gasteiger partial charge on any atom is -0.341 e. The van der Waals surface area contributed by atoms with Gasteiger partial charge < -0.3 is 4.90 Å². The van der Waals surface area contributed by atoms with Gasteiger partial charge in [0.25, 0.3) is 0 Å². The standard InChI is InChI=1S/C15H18N6O2/c1-11-13(21(22)23)14(20-9-8-16-10-20)18-15(17-11)19(2)12-6-4-3-5-7-12/h3-4,8-10,12H,5-7H2,1-2H3. The summed E-state index contributed by atoms with van der Waals surface area (Å²) < 4.78 is 1.55. The minimum absolute atomic E-state index is 0.0938. The molecular formula is C15H18N6O2. The van der Waals surface area contributed by atoms with Crippen molar-refractivity contribution in [3.63, 3.8) is 0 Å². The molecule has 8 heteroatoms. The van der Waals surface area contributed by atoms with Crippen LogP contribution in [0.25, 0.3) is 5.82 Å². The summed E-state index contributed by atoms with van der Waals surface area (Å²) in [6.07, 6.45) is 12.0. The van der Waals surface area contributed by atoms with Crippen molar-refractivity contribution in [2.75, 3.05) is 11.9 Å². The van der Waals surface area contributed by atoms with Crippen molar-refractivity contribution in [1.29, 1.82) is 0 Å². The van der Waals surface area contributed by atoms with Gasteiger partial charge in [-0.25, -0.2) is 9.97 Å². The Bertz CT molecular complexity index is 741. The largest absolute Gasteiger partial charge is 0.341 e. The molecule has 3 rings (SSSR count). The average Bonchev–Trinajstić information content (AvgIpc) is 3.08. The third kappa shape index (κ3) is 2.92. The highest BCUT2D eigenvalue weighted by atomic mass is 16.6. The molecule has 1 aliphatic rings. The van der Waals surface area contributed by atoms with E-state index in [0.29, 0.717) is 17.7 Å². The summed E-state index contributed by atoms with van der Waals surface area (Å²) in [5.41, 5.74) is 0.255. The molecule has 0 saturated carbocycles. The third-order valence-corrected chi connectivity index (χ3v) is 4.06. The van der Waals surface area contributed by atoms with Gasteiger partial charge in [-0.05, 0) is 26.2 Å². The fourth-order valence-electron chi connectivity index (χ4n) is 2.77. The highest BCUT2D eigenvalue weighted by Crippen LogP contribution is 2.28. The highest BCUT2D eigenvalue weighted by Gasteiger charge is 2.26. The average molecular weight is 314 g/mol. The van der Waals surface area contributed by atoms with Gasteiger partial charge in [0.2, 0.25) is 11.8 Å². The predicted octanol–water partition coefficient (Wildman–Crippen LogP) is 2.42. The van der Waals surface area contributed by atoms with Crippen molar-refractivity contribution < 1.29 is 4.92 Å². The van der Waals surface area contributed by atoms with Gasteiger partial charge in [0.1, 0.15) is 12.0 Å². The smallest absolute Gasteiger partial charge is 0.333 e. The Morgan fingerprint density at radius 3 is 2.83 bits per heavy atom. The molecule has 1 unspecified atom stereocenters. The first kappa shape index (κ1) is 15.1. The van der Waals surface area contributed by atoms with Crippen molar-refractivity contribution in [1.82, 2.24) is 19.5 Å². The van der Waals surface area contributed by atoms with E-state index in [1.54, 1.807) is 23.9 Å². The monoisotopic (exact) mass is 314 g/mol. The molecule has 23 heavy (non-hydrogen) atoms. The van der Waals surface area contributed by atoms with E-state index in [4.69, 9.17) is 0 Å². The number of nitrogens with zero attached hydrogens (tertiary/aromatic N) is 6. The molecule has 2 aromatic heterocycles. The predicted molar refractivity (Wildman–Crippen MR) is 85.7 cm³/mol. The second-order valence-corrected chi connectivity index (χ2v) is 5.56. The number of nitro groups is 1. The van der Waals surface area contributed by atoms with E-state index in [0.717, 1.165) is 19.3 Å². The summed E-state index contributed by atoms with van der Waals surface area (Å²) >= 11 is 0. The molecule has 0 saturated heterocycles. The van der Waals surface area contributed by atoms with Gasteiger partial charge in [-0.2, -0.15) is 4.98 Å². The Morgan fingerprint density at radius 2 is 2.22 bits per heavy atom. The SMILES string of the molecule is Cc1nc(N(C)C2CC=CCC2)nc(-n2ccnc2)c1[N+](=O)[O-]. The summed E-state index contributed by atoms with van der Waals surface area (Å²) in [5, 5.41) is 11.4. The Labute approximate surface area is 133 Å². The van der Waals surface area contributed by atoms with Crippen LogP contribution in [0.3, 0.4) is 0 Å². The Morgan fingerprint density at radius 1 is 1.39 bits per heavy atom. The Kier molecular flexibility index (Phi) is 4.05. The zero-order valence-corrected chi connectivity index (χ0v) is 13.1. The molecule has 120 valence electrons. The first-order valence-electron chi connectivity index (χ1n) is 7.47. The number of aryl methyl sites for hydroxylation is 1. The lowest BCUT2D eigenvalue weighted by Crippen LogP contribution is -2.34. The lowest BCUT2D eigenvalue weighted by atomic mass is 10.0. The fraction of sp³-hybridized carbons (Fsp3) is 0.400. The van der Waals surface area contributed by atoms with Crippen LogP contribution < -0.4 is 4.90 Å². The summed E-state index contributed by atoms with van der Waals surface area (Å²) in [6, 6.07) is 0.302. The number of anilines is 1. The lowest BCUT2D eigenvalue weighted by Gasteiger charge is -2.29. The minimum atomic E-state index is -0.447. The van der Waals surface area contributed by atoms with Crippen LogP contribution in [0.1, 0.15) is 25.0 Å². The summed E-state index contributed by atoms with van der Waals surface area (Å²) in [4.78, 5) is 25.7. The molecular weight excluding hydrogens is 296 g/mol. The quantitative estimate of drug-likeness (QED) is 0.489. The van der Waals surface area contributed by atoms with Crippen LogP contribution in [0.5, 0.6) is 0 Å². The van der Waals surface area contributed by atoms with Crippen molar-refractivity contribution in [3.05, 3.63) is 46.7 Å². The number of rotatable bonds is 4. The molecule has 1 aliphatic carbocycles. The van der Waals surface area contributed by atoms with Crippen LogP contribution in [0, 0.1) is 17.0 Å².